The van der Waals surface area contributed by atoms with Crippen LogP contribution in [0.25, 0.3) is 11.1 Å². The average Bonchev–Trinajstić information content (AvgIpc) is 2.86. The fourth-order valence-electron chi connectivity index (χ4n) is 2.22. The van der Waals surface area contributed by atoms with Crippen molar-refractivity contribution >= 4 is 28.4 Å². The van der Waals surface area contributed by atoms with Crippen molar-refractivity contribution in [2.75, 3.05) is 17.7 Å². The van der Waals surface area contributed by atoms with E-state index in [0.717, 1.165) is 11.2 Å². The smallest absolute Gasteiger partial charge is 0.257 e. The molecule has 1 heterocycles. The molecule has 0 spiro atoms. The molecule has 2 N–H and O–H groups in total. The Morgan fingerprint density at radius 3 is 2.81 bits per heavy atom. The summed E-state index contributed by atoms with van der Waals surface area (Å²) >= 11 is 0. The van der Waals surface area contributed by atoms with Crippen LogP contribution in [0.2, 0.25) is 0 Å². The molecule has 1 amide bonds. The predicted octanol–water partition coefficient (Wildman–Crippen LogP) is 3.43. The number of anilines is 2. The first kappa shape index (κ1) is 13.2. The Morgan fingerprint density at radius 2 is 2.00 bits per heavy atom. The number of hydrogen-bond donors (Lipinski definition) is 2. The number of carbonyl (C=O) groups is 1. The fourth-order valence-corrected chi connectivity index (χ4v) is 2.22. The lowest BCUT2D eigenvalue weighted by atomic mass is 10.1. The van der Waals surface area contributed by atoms with Gasteiger partial charge in [-0.05, 0) is 30.3 Å². The van der Waals surface area contributed by atoms with E-state index in [0.29, 0.717) is 22.7 Å². The second kappa shape index (κ2) is 5.28. The molecule has 0 aliphatic heterocycles. The zero-order valence-electron chi connectivity index (χ0n) is 11.8. The lowest BCUT2D eigenvalue weighted by Gasteiger charge is -2.09. The molecule has 0 unspecified atom stereocenters. The number of rotatable bonds is 3. The van der Waals surface area contributed by atoms with E-state index in [-0.39, 0.29) is 5.91 Å². The summed E-state index contributed by atoms with van der Waals surface area (Å²) in [4.78, 5) is 16.6. The summed E-state index contributed by atoms with van der Waals surface area (Å²) in [6.45, 7) is 1.79. The van der Waals surface area contributed by atoms with E-state index in [1.54, 1.807) is 38.2 Å². The van der Waals surface area contributed by atoms with Gasteiger partial charge in [0, 0.05) is 25.3 Å². The minimum absolute atomic E-state index is 0.167. The number of amides is 1. The first-order chi connectivity index (χ1) is 10.2. The number of nitrogens with one attached hydrogen (secondary N) is 2. The molecule has 0 aliphatic rings. The highest BCUT2D eigenvalue weighted by Crippen LogP contribution is 2.21. The van der Waals surface area contributed by atoms with Gasteiger partial charge in [0.05, 0.1) is 5.56 Å². The number of hydrogen-bond acceptors (Lipinski definition) is 4. The van der Waals surface area contributed by atoms with Crippen LogP contribution in [0.4, 0.5) is 11.4 Å². The van der Waals surface area contributed by atoms with Crippen molar-refractivity contribution in [3.8, 4) is 0 Å². The number of benzene rings is 2. The molecule has 0 fully saturated rings. The molecular weight excluding hydrogens is 266 g/mol. The van der Waals surface area contributed by atoms with Crippen LogP contribution in [0.1, 0.15) is 16.2 Å². The third kappa shape index (κ3) is 2.58. The van der Waals surface area contributed by atoms with Gasteiger partial charge in [-0.25, -0.2) is 4.98 Å². The molecule has 0 saturated heterocycles. The van der Waals surface area contributed by atoms with Gasteiger partial charge in [0.25, 0.3) is 5.91 Å². The summed E-state index contributed by atoms with van der Waals surface area (Å²) in [6, 6.07) is 12.7. The van der Waals surface area contributed by atoms with Crippen molar-refractivity contribution in [3.63, 3.8) is 0 Å². The van der Waals surface area contributed by atoms with Crippen molar-refractivity contribution < 1.29 is 9.21 Å². The van der Waals surface area contributed by atoms with Crippen LogP contribution >= 0.6 is 0 Å². The number of para-hydroxylation sites is 1. The zero-order chi connectivity index (χ0) is 14.8. The zero-order valence-corrected chi connectivity index (χ0v) is 11.8. The molecule has 21 heavy (non-hydrogen) atoms. The van der Waals surface area contributed by atoms with E-state index in [1.807, 2.05) is 18.2 Å². The summed E-state index contributed by atoms with van der Waals surface area (Å²) in [5, 5.41) is 5.88. The van der Waals surface area contributed by atoms with Gasteiger partial charge >= 0.3 is 0 Å². The van der Waals surface area contributed by atoms with Gasteiger partial charge in [-0.1, -0.05) is 12.1 Å². The number of aromatic nitrogens is 1. The lowest BCUT2D eigenvalue weighted by molar-refractivity contribution is 0.102. The van der Waals surface area contributed by atoms with E-state index < -0.39 is 0 Å². The monoisotopic (exact) mass is 281 g/mol. The van der Waals surface area contributed by atoms with E-state index >= 15 is 0 Å². The van der Waals surface area contributed by atoms with Gasteiger partial charge in [0.15, 0.2) is 11.5 Å². The van der Waals surface area contributed by atoms with Crippen LogP contribution in [0.15, 0.2) is 46.9 Å². The van der Waals surface area contributed by atoms with E-state index in [9.17, 15) is 4.79 Å². The van der Waals surface area contributed by atoms with Crippen molar-refractivity contribution in [2.45, 2.75) is 6.92 Å². The molecule has 0 radical (unpaired) electrons. The number of aryl methyl sites for hydroxylation is 1. The molecule has 3 rings (SSSR count). The van der Waals surface area contributed by atoms with E-state index in [4.69, 9.17) is 4.42 Å². The highest BCUT2D eigenvalue weighted by atomic mass is 16.3. The normalized spacial score (nSPS) is 10.6. The van der Waals surface area contributed by atoms with E-state index in [1.165, 1.54) is 0 Å². The third-order valence-corrected chi connectivity index (χ3v) is 3.19. The van der Waals surface area contributed by atoms with Crippen LogP contribution in [-0.2, 0) is 0 Å². The van der Waals surface area contributed by atoms with Gasteiger partial charge in [0.1, 0.15) is 5.52 Å². The summed E-state index contributed by atoms with van der Waals surface area (Å²) in [6.07, 6.45) is 0. The van der Waals surface area contributed by atoms with Crippen molar-refractivity contribution in [3.05, 3.63) is 53.9 Å². The van der Waals surface area contributed by atoms with Crippen LogP contribution in [0.5, 0.6) is 0 Å². The van der Waals surface area contributed by atoms with Gasteiger partial charge in [0.2, 0.25) is 0 Å². The Hall–Kier alpha value is -2.82. The van der Waals surface area contributed by atoms with Crippen LogP contribution in [0, 0.1) is 6.92 Å². The first-order valence-corrected chi connectivity index (χ1v) is 6.62. The number of carbonyl (C=O) groups excluding carboxylic acids is 1. The second-order valence-electron chi connectivity index (χ2n) is 4.67. The average molecular weight is 281 g/mol. The molecule has 106 valence electrons. The Balaban J connectivity index is 1.88. The molecule has 0 saturated carbocycles. The van der Waals surface area contributed by atoms with Crippen LogP contribution in [0.3, 0.4) is 0 Å². The van der Waals surface area contributed by atoms with Crippen molar-refractivity contribution in [1.82, 2.24) is 4.98 Å². The van der Waals surface area contributed by atoms with Crippen LogP contribution in [-0.4, -0.2) is 17.9 Å². The maximum Gasteiger partial charge on any atom is 0.257 e. The number of nitrogens with zero attached hydrogens (tertiary/aromatic N) is 1. The summed E-state index contributed by atoms with van der Waals surface area (Å²) in [5.41, 5.74) is 3.50. The molecule has 1 aromatic heterocycles. The molecule has 0 aliphatic carbocycles. The predicted molar refractivity (Wildman–Crippen MR) is 82.7 cm³/mol. The van der Waals surface area contributed by atoms with Gasteiger partial charge in [-0.2, -0.15) is 0 Å². The highest BCUT2D eigenvalue weighted by molar-refractivity contribution is 6.08. The largest absolute Gasteiger partial charge is 0.441 e. The number of oxazole rings is 1. The van der Waals surface area contributed by atoms with E-state index in [2.05, 4.69) is 15.6 Å². The minimum Gasteiger partial charge on any atom is -0.441 e. The molecule has 3 aromatic rings. The highest BCUT2D eigenvalue weighted by Gasteiger charge is 2.11. The Labute approximate surface area is 122 Å². The molecule has 5 nitrogen and oxygen atoms in total. The SMILES string of the molecule is CNc1ccccc1C(=O)Nc1ccc2oc(C)nc2c1. The Bertz CT molecular complexity index is 808. The van der Waals surface area contributed by atoms with Gasteiger partial charge in [-0.15, -0.1) is 0 Å². The van der Waals surface area contributed by atoms with Crippen LogP contribution < -0.4 is 10.6 Å². The fraction of sp³-hybridized carbons (Fsp3) is 0.125. The van der Waals surface area contributed by atoms with Crippen molar-refractivity contribution in [1.29, 1.82) is 0 Å². The maximum absolute atomic E-state index is 12.3. The molecule has 5 heteroatoms. The van der Waals surface area contributed by atoms with Crippen molar-refractivity contribution in [2.24, 2.45) is 0 Å². The minimum atomic E-state index is -0.167. The quantitative estimate of drug-likeness (QED) is 0.771. The lowest BCUT2D eigenvalue weighted by Crippen LogP contribution is -2.13. The van der Waals surface area contributed by atoms with Gasteiger partial charge < -0.3 is 15.1 Å². The molecular formula is C16H15N3O2. The molecule has 2 aromatic carbocycles. The van der Waals surface area contributed by atoms with Gasteiger partial charge in [-0.3, -0.25) is 4.79 Å². The topological polar surface area (TPSA) is 67.2 Å². The second-order valence-corrected chi connectivity index (χ2v) is 4.67. The third-order valence-electron chi connectivity index (χ3n) is 3.19. The number of fused-ring (bicyclic) bond motifs is 1. The maximum atomic E-state index is 12.3. The molecule has 0 atom stereocenters. The Kier molecular flexibility index (Phi) is 3.31. The Morgan fingerprint density at radius 1 is 1.19 bits per heavy atom. The standard InChI is InChI=1S/C16H15N3O2/c1-10-18-14-9-11(7-8-15(14)21-10)19-16(20)12-5-3-4-6-13(12)17-2/h3-9,17H,1-2H3,(H,19,20). The summed E-state index contributed by atoms with van der Waals surface area (Å²) in [7, 11) is 1.79. The first-order valence-electron chi connectivity index (χ1n) is 6.62. The molecule has 0 bridgehead atoms. The summed E-state index contributed by atoms with van der Waals surface area (Å²) < 4.78 is 5.42. The summed E-state index contributed by atoms with van der Waals surface area (Å²) in [5.74, 6) is 0.438.